The fraction of sp³-hybridized carbons (Fsp3) is 0.538. The Hall–Kier alpha value is -2.73. The number of nitrogens with zero attached hydrogens (tertiary/aromatic N) is 5. The molecule has 4 N–H and O–H groups in total. The first-order chi connectivity index (χ1) is 17.5. The minimum absolute atomic E-state index is 0.262. The van der Waals surface area contributed by atoms with E-state index in [-0.39, 0.29) is 16.9 Å². The molecule has 4 rings (SSSR count). The predicted molar refractivity (Wildman–Crippen MR) is 149 cm³/mol. The molecule has 1 saturated carbocycles. The van der Waals surface area contributed by atoms with Gasteiger partial charge < -0.3 is 21.3 Å². The molecular weight excluding hydrogens is 488 g/mol. The Bertz CT molecular complexity index is 1300. The standard InChI is InChI=1S/C26H40N8O2S/c1-18(2)23-17-28-34-25(16-24(31-26(23)34)29-20-8-6-19(27)7-9-20)30-21-10-12-22(13-11-21)37(35,36)33(5)15-14-32(3)4/h10-13,16-20,30H,6-9,14-15,27H2,1-5H3,(H,29,31)/t19-,20-. The summed E-state index contributed by atoms with van der Waals surface area (Å²) in [5.41, 5.74) is 8.72. The third-order valence-corrected chi connectivity index (χ3v) is 8.81. The van der Waals surface area contributed by atoms with Gasteiger partial charge in [0.25, 0.3) is 0 Å². The molecule has 0 unspecified atom stereocenters. The molecule has 0 saturated heterocycles. The number of benzene rings is 1. The van der Waals surface area contributed by atoms with Crippen molar-refractivity contribution in [3.05, 3.63) is 42.1 Å². The quantitative estimate of drug-likeness (QED) is 0.366. The van der Waals surface area contributed by atoms with Gasteiger partial charge >= 0.3 is 0 Å². The van der Waals surface area contributed by atoms with Crippen molar-refractivity contribution in [2.24, 2.45) is 5.73 Å². The predicted octanol–water partition coefficient (Wildman–Crippen LogP) is 3.46. The second-order valence-electron chi connectivity index (χ2n) is 10.6. The highest BCUT2D eigenvalue weighted by Gasteiger charge is 2.22. The molecule has 0 atom stereocenters. The first-order valence-electron chi connectivity index (χ1n) is 12.9. The molecule has 0 aliphatic heterocycles. The maximum atomic E-state index is 13.0. The van der Waals surface area contributed by atoms with Crippen LogP contribution in [0, 0.1) is 0 Å². The lowest BCUT2D eigenvalue weighted by atomic mass is 9.92. The van der Waals surface area contributed by atoms with Gasteiger partial charge in [-0.15, -0.1) is 0 Å². The smallest absolute Gasteiger partial charge is 0.242 e. The van der Waals surface area contributed by atoms with Gasteiger partial charge in [0.05, 0.1) is 11.1 Å². The number of rotatable bonds is 10. The number of hydrogen-bond donors (Lipinski definition) is 3. The SMILES string of the molecule is CC(C)c1cnn2c(Nc3ccc(S(=O)(=O)N(C)CCN(C)C)cc3)cc(N[C@H]3CC[C@H](N)CC3)nc12. The number of likely N-dealkylation sites (N-methyl/N-ethyl adjacent to an activating group) is 2. The highest BCUT2D eigenvalue weighted by Crippen LogP contribution is 2.28. The second-order valence-corrected chi connectivity index (χ2v) is 12.6. The van der Waals surface area contributed by atoms with Crippen LogP contribution in [-0.2, 0) is 10.0 Å². The molecule has 10 nitrogen and oxygen atoms in total. The maximum absolute atomic E-state index is 13.0. The zero-order valence-corrected chi connectivity index (χ0v) is 23.3. The van der Waals surface area contributed by atoms with Crippen LogP contribution in [0.4, 0.5) is 17.3 Å². The molecule has 202 valence electrons. The van der Waals surface area contributed by atoms with E-state index in [1.165, 1.54) is 4.31 Å². The lowest BCUT2D eigenvalue weighted by Gasteiger charge is -2.27. The molecule has 2 heterocycles. The number of aromatic nitrogens is 3. The van der Waals surface area contributed by atoms with E-state index in [0.717, 1.165) is 54.2 Å². The van der Waals surface area contributed by atoms with Crippen LogP contribution >= 0.6 is 0 Å². The van der Waals surface area contributed by atoms with Crippen molar-refractivity contribution in [2.75, 3.05) is 44.9 Å². The Morgan fingerprint density at radius 3 is 2.38 bits per heavy atom. The molecule has 37 heavy (non-hydrogen) atoms. The van der Waals surface area contributed by atoms with Crippen LogP contribution in [0.2, 0.25) is 0 Å². The highest BCUT2D eigenvalue weighted by molar-refractivity contribution is 7.89. The molecule has 1 aliphatic carbocycles. The van der Waals surface area contributed by atoms with E-state index in [4.69, 9.17) is 10.7 Å². The summed E-state index contributed by atoms with van der Waals surface area (Å²) in [5.74, 6) is 1.82. The third-order valence-electron chi connectivity index (χ3n) is 6.94. The molecule has 1 fully saturated rings. The Balaban J connectivity index is 1.58. The number of nitrogens with two attached hydrogens (primary N) is 1. The Kier molecular flexibility index (Phi) is 8.37. The Morgan fingerprint density at radius 2 is 1.76 bits per heavy atom. The van der Waals surface area contributed by atoms with Crippen LogP contribution < -0.4 is 16.4 Å². The highest BCUT2D eigenvalue weighted by atomic mass is 32.2. The van der Waals surface area contributed by atoms with E-state index < -0.39 is 10.0 Å². The van der Waals surface area contributed by atoms with Gasteiger partial charge in [0.1, 0.15) is 11.6 Å². The summed E-state index contributed by atoms with van der Waals surface area (Å²) in [6, 6.07) is 9.40. The van der Waals surface area contributed by atoms with E-state index in [2.05, 4.69) is 29.6 Å². The van der Waals surface area contributed by atoms with Crippen LogP contribution in [0.1, 0.15) is 51.0 Å². The van der Waals surface area contributed by atoms with Gasteiger partial charge in [0.2, 0.25) is 10.0 Å². The van der Waals surface area contributed by atoms with Crippen molar-refractivity contribution in [3.8, 4) is 0 Å². The molecule has 2 aromatic heterocycles. The number of sulfonamides is 1. The third kappa shape index (κ3) is 6.40. The fourth-order valence-electron chi connectivity index (χ4n) is 4.52. The van der Waals surface area contributed by atoms with Crippen molar-refractivity contribution in [1.29, 1.82) is 0 Å². The number of anilines is 3. The van der Waals surface area contributed by atoms with Gasteiger partial charge in [-0.1, -0.05) is 13.8 Å². The van der Waals surface area contributed by atoms with Crippen LogP contribution in [0.5, 0.6) is 0 Å². The van der Waals surface area contributed by atoms with Gasteiger partial charge in [0.15, 0.2) is 5.65 Å². The van der Waals surface area contributed by atoms with Crippen molar-refractivity contribution in [3.63, 3.8) is 0 Å². The molecule has 0 radical (unpaired) electrons. The van der Waals surface area contributed by atoms with Crippen LogP contribution in [0.25, 0.3) is 5.65 Å². The molecule has 11 heteroatoms. The topological polar surface area (TPSA) is 121 Å². The molecule has 0 bridgehead atoms. The normalized spacial score (nSPS) is 18.7. The molecule has 3 aromatic rings. The van der Waals surface area contributed by atoms with Crippen molar-refractivity contribution >= 4 is 33.0 Å². The van der Waals surface area contributed by atoms with E-state index in [0.29, 0.717) is 19.1 Å². The monoisotopic (exact) mass is 528 g/mol. The second kappa shape index (κ2) is 11.3. The Labute approximate surface area is 220 Å². The summed E-state index contributed by atoms with van der Waals surface area (Å²) in [6.07, 6.45) is 5.92. The van der Waals surface area contributed by atoms with Crippen molar-refractivity contribution in [1.82, 2.24) is 23.8 Å². The lowest BCUT2D eigenvalue weighted by Crippen LogP contribution is -2.33. The molecule has 1 aliphatic rings. The largest absolute Gasteiger partial charge is 0.367 e. The number of nitrogens with one attached hydrogen (secondary N) is 2. The minimum Gasteiger partial charge on any atom is -0.367 e. The minimum atomic E-state index is -3.56. The first-order valence-corrected chi connectivity index (χ1v) is 14.4. The summed E-state index contributed by atoms with van der Waals surface area (Å²) in [6.45, 7) is 5.33. The molecular formula is C26H40N8O2S. The van der Waals surface area contributed by atoms with Crippen LogP contribution in [0.15, 0.2) is 41.4 Å². The van der Waals surface area contributed by atoms with Crippen LogP contribution in [-0.4, -0.2) is 78.5 Å². The average molecular weight is 529 g/mol. The molecule has 0 amide bonds. The summed E-state index contributed by atoms with van der Waals surface area (Å²) in [5, 5.41) is 11.6. The summed E-state index contributed by atoms with van der Waals surface area (Å²) >= 11 is 0. The zero-order chi connectivity index (χ0) is 26.7. The van der Waals surface area contributed by atoms with Crippen molar-refractivity contribution in [2.45, 2.75) is 62.4 Å². The zero-order valence-electron chi connectivity index (χ0n) is 22.5. The molecule has 1 aromatic carbocycles. The van der Waals surface area contributed by atoms with Gasteiger partial charge in [-0.2, -0.15) is 13.9 Å². The molecule has 0 spiro atoms. The van der Waals surface area contributed by atoms with Gasteiger partial charge in [0, 0.05) is 49.5 Å². The van der Waals surface area contributed by atoms with Crippen LogP contribution in [0.3, 0.4) is 0 Å². The van der Waals surface area contributed by atoms with E-state index in [1.54, 1.807) is 35.8 Å². The summed E-state index contributed by atoms with van der Waals surface area (Å²) in [4.78, 5) is 7.12. The van der Waals surface area contributed by atoms with E-state index in [9.17, 15) is 8.42 Å². The first kappa shape index (κ1) is 27.3. The van der Waals surface area contributed by atoms with Gasteiger partial charge in [-0.25, -0.2) is 13.4 Å². The fourth-order valence-corrected chi connectivity index (χ4v) is 5.68. The maximum Gasteiger partial charge on any atom is 0.242 e. The average Bonchev–Trinajstić information content (AvgIpc) is 3.29. The number of hydrogen-bond acceptors (Lipinski definition) is 8. The van der Waals surface area contributed by atoms with E-state index >= 15 is 0 Å². The Morgan fingerprint density at radius 1 is 1.08 bits per heavy atom. The van der Waals surface area contributed by atoms with Gasteiger partial charge in [-0.3, -0.25) is 0 Å². The van der Waals surface area contributed by atoms with Gasteiger partial charge in [-0.05, 0) is 70.0 Å². The summed E-state index contributed by atoms with van der Waals surface area (Å²) in [7, 11) is 1.89. The lowest BCUT2D eigenvalue weighted by molar-refractivity contribution is 0.358. The van der Waals surface area contributed by atoms with E-state index in [1.807, 2.05) is 31.3 Å². The number of fused-ring (bicyclic) bond motifs is 1. The van der Waals surface area contributed by atoms with Crippen molar-refractivity contribution < 1.29 is 8.42 Å². The summed E-state index contributed by atoms with van der Waals surface area (Å²) < 4.78 is 29.1.